The van der Waals surface area contributed by atoms with Crippen LogP contribution in [0.1, 0.15) is 28.9 Å². The Kier molecular flexibility index (Phi) is 4.38. The Bertz CT molecular complexity index is 1020. The Morgan fingerprint density at radius 3 is 2.73 bits per heavy atom. The van der Waals surface area contributed by atoms with E-state index in [-0.39, 0.29) is 16.7 Å². The van der Waals surface area contributed by atoms with E-state index in [4.69, 9.17) is 11.6 Å². The van der Waals surface area contributed by atoms with Gasteiger partial charge in [0, 0.05) is 10.6 Å². The number of phenolic OH excluding ortho intramolecular Hbond substituents is 2. The maximum absolute atomic E-state index is 9.85. The van der Waals surface area contributed by atoms with E-state index in [1.165, 1.54) is 6.07 Å². The molecule has 0 aliphatic carbocycles. The lowest BCUT2D eigenvalue weighted by molar-refractivity contribution is 0.403. The molecule has 132 valence electrons. The highest BCUT2D eigenvalue weighted by molar-refractivity contribution is 8.14. The van der Waals surface area contributed by atoms with Gasteiger partial charge in [-0.3, -0.25) is 0 Å². The van der Waals surface area contributed by atoms with Crippen molar-refractivity contribution < 1.29 is 10.2 Å². The van der Waals surface area contributed by atoms with Gasteiger partial charge in [0.1, 0.15) is 0 Å². The lowest BCUT2D eigenvalue weighted by atomic mass is 10.1. The second-order valence-corrected chi connectivity index (χ2v) is 7.75. The second-order valence-electron chi connectivity index (χ2n) is 6.05. The van der Waals surface area contributed by atoms with Gasteiger partial charge < -0.3 is 10.2 Å². The minimum Gasteiger partial charge on any atom is -0.504 e. The first-order valence-electron chi connectivity index (χ1n) is 8.06. The van der Waals surface area contributed by atoms with Gasteiger partial charge in [0.15, 0.2) is 17.3 Å². The monoisotopic (exact) mass is 385 g/mol. The van der Waals surface area contributed by atoms with Crippen molar-refractivity contribution in [3.63, 3.8) is 0 Å². The molecule has 7 heteroatoms. The van der Waals surface area contributed by atoms with Crippen LogP contribution in [0.2, 0.25) is 5.02 Å². The molecule has 26 heavy (non-hydrogen) atoms. The van der Waals surface area contributed by atoms with Crippen molar-refractivity contribution in [3.05, 3.63) is 70.4 Å². The molecule has 0 radical (unpaired) electrons. The van der Waals surface area contributed by atoms with Crippen LogP contribution in [0.4, 0.5) is 5.82 Å². The number of hydrogen-bond donors (Lipinski definition) is 2. The summed E-state index contributed by atoms with van der Waals surface area (Å²) in [5, 5.41) is 25.5. The molecule has 1 atom stereocenters. The van der Waals surface area contributed by atoms with E-state index in [0.717, 1.165) is 27.6 Å². The predicted octanol–water partition coefficient (Wildman–Crippen LogP) is 4.88. The molecule has 0 bridgehead atoms. The third kappa shape index (κ3) is 3.06. The molecule has 2 aromatic carbocycles. The van der Waals surface area contributed by atoms with Crippen molar-refractivity contribution in [1.82, 2.24) is 9.78 Å². The maximum atomic E-state index is 9.85. The van der Waals surface area contributed by atoms with Gasteiger partial charge >= 0.3 is 0 Å². The van der Waals surface area contributed by atoms with Gasteiger partial charge in [-0.25, -0.2) is 9.67 Å². The maximum Gasteiger partial charge on any atom is 0.157 e. The molecule has 0 saturated heterocycles. The number of aromatic hydroxyl groups is 2. The van der Waals surface area contributed by atoms with Crippen LogP contribution in [0.5, 0.6) is 11.5 Å². The van der Waals surface area contributed by atoms with Crippen molar-refractivity contribution in [2.45, 2.75) is 18.7 Å². The summed E-state index contributed by atoms with van der Waals surface area (Å²) in [6, 6.07) is 12.6. The number of fused-ring (bicyclic) bond motifs is 1. The number of hydrogen-bond acceptors (Lipinski definition) is 5. The lowest BCUT2D eigenvalue weighted by Gasteiger charge is -2.21. The molecule has 1 aliphatic heterocycles. The number of aromatic nitrogens is 2. The molecule has 5 nitrogen and oxygen atoms in total. The first kappa shape index (κ1) is 17.0. The molecule has 2 heterocycles. The molecule has 0 spiro atoms. The third-order valence-corrected chi connectivity index (χ3v) is 5.82. The van der Waals surface area contributed by atoms with E-state index in [9.17, 15) is 10.2 Å². The third-order valence-electron chi connectivity index (χ3n) is 4.25. The van der Waals surface area contributed by atoms with Crippen molar-refractivity contribution in [3.8, 4) is 11.5 Å². The highest BCUT2D eigenvalue weighted by atomic mass is 35.5. The van der Waals surface area contributed by atoms with Crippen LogP contribution in [0.3, 0.4) is 0 Å². The minimum atomic E-state index is -0.131. The Balaban J connectivity index is 1.74. The van der Waals surface area contributed by atoms with E-state index in [0.29, 0.717) is 11.6 Å². The SMILES string of the molecule is CC1=Nc2c(cnn2Cc2ccccc2Cl)C(c2ccc(O)c(O)c2)S1. The largest absolute Gasteiger partial charge is 0.504 e. The van der Waals surface area contributed by atoms with E-state index >= 15 is 0 Å². The Morgan fingerprint density at radius 2 is 1.96 bits per heavy atom. The summed E-state index contributed by atoms with van der Waals surface area (Å²) in [5.74, 6) is 0.529. The highest BCUT2D eigenvalue weighted by Crippen LogP contribution is 2.46. The van der Waals surface area contributed by atoms with Gasteiger partial charge in [0.25, 0.3) is 0 Å². The van der Waals surface area contributed by atoms with Crippen molar-refractivity contribution in [2.75, 3.05) is 0 Å². The number of aliphatic imine (C=N–C) groups is 1. The van der Waals surface area contributed by atoms with Gasteiger partial charge in [0.2, 0.25) is 0 Å². The first-order chi connectivity index (χ1) is 12.5. The van der Waals surface area contributed by atoms with Gasteiger partial charge in [0.05, 0.1) is 23.0 Å². The molecular formula is C19H16ClN3O2S. The molecule has 2 N–H and O–H groups in total. The van der Waals surface area contributed by atoms with Crippen LogP contribution in [0.25, 0.3) is 0 Å². The summed E-state index contributed by atoms with van der Waals surface area (Å²) in [6.07, 6.45) is 1.81. The second kappa shape index (κ2) is 6.70. The van der Waals surface area contributed by atoms with Crippen LogP contribution >= 0.6 is 23.4 Å². The summed E-state index contributed by atoms with van der Waals surface area (Å²) in [6.45, 7) is 2.48. The average Bonchev–Trinajstić information content (AvgIpc) is 3.01. The number of halogens is 1. The molecule has 1 unspecified atom stereocenters. The van der Waals surface area contributed by atoms with Gasteiger partial charge in [-0.1, -0.05) is 47.6 Å². The molecule has 0 saturated carbocycles. The molecule has 1 aliphatic rings. The topological polar surface area (TPSA) is 70.6 Å². The van der Waals surface area contributed by atoms with E-state index in [1.54, 1.807) is 23.9 Å². The standard InChI is InChI=1S/C19H16ClN3O2S/c1-11-22-19-14(18(26-11)12-6-7-16(24)17(25)8-12)9-21-23(19)10-13-4-2-3-5-15(13)20/h2-9,18,24-25H,10H2,1H3. The number of benzene rings is 2. The molecule has 1 aromatic heterocycles. The number of rotatable bonds is 3. The zero-order chi connectivity index (χ0) is 18.3. The van der Waals surface area contributed by atoms with Crippen LogP contribution in [0.15, 0.2) is 53.7 Å². The van der Waals surface area contributed by atoms with Crippen molar-refractivity contribution >= 4 is 34.2 Å². The van der Waals surface area contributed by atoms with Gasteiger partial charge in [-0.15, -0.1) is 0 Å². The normalized spacial score (nSPS) is 16.2. The Morgan fingerprint density at radius 1 is 1.15 bits per heavy atom. The molecule has 0 fully saturated rings. The number of nitrogens with zero attached hydrogens (tertiary/aromatic N) is 3. The van der Waals surface area contributed by atoms with Crippen molar-refractivity contribution in [1.29, 1.82) is 0 Å². The summed E-state index contributed by atoms with van der Waals surface area (Å²) in [5.41, 5.74) is 2.83. The molecule has 4 rings (SSSR count). The summed E-state index contributed by atoms with van der Waals surface area (Å²) >= 11 is 7.87. The van der Waals surface area contributed by atoms with Crippen LogP contribution in [0, 0.1) is 0 Å². The van der Waals surface area contributed by atoms with Crippen LogP contribution in [-0.2, 0) is 6.54 Å². The lowest BCUT2D eigenvalue weighted by Crippen LogP contribution is -2.07. The Hall–Kier alpha value is -2.44. The zero-order valence-corrected chi connectivity index (χ0v) is 15.5. The summed E-state index contributed by atoms with van der Waals surface area (Å²) in [7, 11) is 0. The van der Waals surface area contributed by atoms with E-state index in [1.807, 2.05) is 42.1 Å². The smallest absolute Gasteiger partial charge is 0.157 e. The minimum absolute atomic E-state index is 0.0472. The fourth-order valence-corrected chi connectivity index (χ4v) is 4.22. The van der Waals surface area contributed by atoms with Crippen molar-refractivity contribution in [2.24, 2.45) is 4.99 Å². The van der Waals surface area contributed by atoms with Gasteiger partial charge in [-0.05, 0) is 36.2 Å². The summed E-state index contributed by atoms with van der Waals surface area (Å²) < 4.78 is 1.84. The quantitative estimate of drug-likeness (QED) is 0.630. The number of phenols is 2. The fourth-order valence-electron chi connectivity index (χ4n) is 2.96. The zero-order valence-electron chi connectivity index (χ0n) is 13.9. The van der Waals surface area contributed by atoms with Crippen LogP contribution in [-0.4, -0.2) is 25.0 Å². The fraction of sp³-hybridized carbons (Fsp3) is 0.158. The van der Waals surface area contributed by atoms with E-state index in [2.05, 4.69) is 10.1 Å². The first-order valence-corrected chi connectivity index (χ1v) is 9.31. The molecule has 0 amide bonds. The van der Waals surface area contributed by atoms with Gasteiger partial charge in [-0.2, -0.15) is 5.10 Å². The molecule has 3 aromatic rings. The molecular weight excluding hydrogens is 370 g/mol. The number of thioether (sulfide) groups is 1. The van der Waals surface area contributed by atoms with E-state index < -0.39 is 0 Å². The van der Waals surface area contributed by atoms with Crippen LogP contribution < -0.4 is 0 Å². The predicted molar refractivity (Wildman–Crippen MR) is 105 cm³/mol. The average molecular weight is 386 g/mol. The Labute approximate surface area is 160 Å². The highest BCUT2D eigenvalue weighted by Gasteiger charge is 2.27. The summed E-state index contributed by atoms with van der Waals surface area (Å²) in [4.78, 5) is 4.67.